The summed E-state index contributed by atoms with van der Waals surface area (Å²) in [5.74, 6) is 0. The third-order valence-corrected chi connectivity index (χ3v) is 4.10. The maximum absolute atomic E-state index is 3.75. The minimum absolute atomic E-state index is 0.543. The first-order chi connectivity index (χ1) is 9.31. The lowest BCUT2D eigenvalue weighted by Crippen LogP contribution is -2.34. The summed E-state index contributed by atoms with van der Waals surface area (Å²) in [6.07, 6.45) is 10.1. The van der Waals surface area contributed by atoms with Crippen LogP contribution in [0.2, 0.25) is 0 Å². The van der Waals surface area contributed by atoms with Gasteiger partial charge in [-0.1, -0.05) is 42.8 Å². The molecule has 0 radical (unpaired) electrons. The van der Waals surface area contributed by atoms with Crippen molar-refractivity contribution in [1.29, 1.82) is 0 Å². The standard InChI is InChI=1S/C18H27N/c1-3-13-19-18(16-10-5-4-6-11-16)14-17-12-8-7-9-15(17)2/h7-10,12,18-19H,3-6,11,13-14H2,1-2H3. The van der Waals surface area contributed by atoms with Gasteiger partial charge in [0.15, 0.2) is 0 Å². The van der Waals surface area contributed by atoms with E-state index in [0.717, 1.165) is 13.0 Å². The minimum atomic E-state index is 0.543. The molecule has 1 aromatic rings. The average Bonchev–Trinajstić information content (AvgIpc) is 2.46. The molecule has 1 N–H and O–H groups in total. The molecule has 1 aliphatic rings. The SMILES string of the molecule is CCCNC(Cc1ccccc1C)C1=CCCCC1. The maximum Gasteiger partial charge on any atom is 0.0320 e. The number of nitrogens with one attached hydrogen (secondary N) is 1. The van der Waals surface area contributed by atoms with Gasteiger partial charge in [0.25, 0.3) is 0 Å². The Balaban J connectivity index is 2.09. The molecule has 1 aromatic carbocycles. The first-order valence-corrected chi connectivity index (χ1v) is 7.78. The predicted octanol–water partition coefficient (Wildman–Crippen LogP) is 4.41. The van der Waals surface area contributed by atoms with Gasteiger partial charge in [-0.25, -0.2) is 0 Å². The van der Waals surface area contributed by atoms with E-state index in [1.54, 1.807) is 5.57 Å². The van der Waals surface area contributed by atoms with Crippen LogP contribution in [-0.2, 0) is 6.42 Å². The van der Waals surface area contributed by atoms with Gasteiger partial charge in [0.1, 0.15) is 0 Å². The lowest BCUT2D eigenvalue weighted by atomic mass is 9.89. The Hall–Kier alpha value is -1.08. The second-order valence-corrected chi connectivity index (χ2v) is 5.66. The Morgan fingerprint density at radius 1 is 1.21 bits per heavy atom. The second kappa shape index (κ2) is 7.49. The van der Waals surface area contributed by atoms with Crippen LogP contribution in [-0.4, -0.2) is 12.6 Å². The van der Waals surface area contributed by atoms with E-state index in [4.69, 9.17) is 0 Å². The zero-order chi connectivity index (χ0) is 13.5. The van der Waals surface area contributed by atoms with E-state index in [9.17, 15) is 0 Å². The van der Waals surface area contributed by atoms with Crippen molar-refractivity contribution in [1.82, 2.24) is 5.32 Å². The molecule has 0 aliphatic heterocycles. The van der Waals surface area contributed by atoms with Gasteiger partial charge in [-0.3, -0.25) is 0 Å². The molecular weight excluding hydrogens is 230 g/mol. The predicted molar refractivity (Wildman–Crippen MR) is 83.5 cm³/mol. The lowest BCUT2D eigenvalue weighted by molar-refractivity contribution is 0.525. The molecule has 0 fully saturated rings. The molecule has 19 heavy (non-hydrogen) atoms. The first-order valence-electron chi connectivity index (χ1n) is 7.78. The molecule has 0 aromatic heterocycles. The highest BCUT2D eigenvalue weighted by Gasteiger charge is 2.16. The van der Waals surface area contributed by atoms with E-state index in [1.165, 1.54) is 43.2 Å². The van der Waals surface area contributed by atoms with Crippen molar-refractivity contribution in [2.75, 3.05) is 6.54 Å². The minimum Gasteiger partial charge on any atom is -0.310 e. The molecule has 1 aliphatic carbocycles. The summed E-state index contributed by atoms with van der Waals surface area (Å²) in [6, 6.07) is 9.34. The number of allylic oxidation sites excluding steroid dienone is 1. The van der Waals surface area contributed by atoms with Crippen LogP contribution in [0.5, 0.6) is 0 Å². The third kappa shape index (κ3) is 4.21. The first kappa shape index (κ1) is 14.3. The monoisotopic (exact) mass is 257 g/mol. The maximum atomic E-state index is 3.75. The third-order valence-electron chi connectivity index (χ3n) is 4.10. The number of rotatable bonds is 6. The smallest absolute Gasteiger partial charge is 0.0320 e. The summed E-state index contributed by atoms with van der Waals surface area (Å²) < 4.78 is 0. The topological polar surface area (TPSA) is 12.0 Å². The van der Waals surface area contributed by atoms with Gasteiger partial charge < -0.3 is 5.32 Å². The van der Waals surface area contributed by atoms with Crippen molar-refractivity contribution in [3.63, 3.8) is 0 Å². The van der Waals surface area contributed by atoms with Crippen LogP contribution in [0, 0.1) is 6.92 Å². The quantitative estimate of drug-likeness (QED) is 0.745. The van der Waals surface area contributed by atoms with Crippen LogP contribution in [0.25, 0.3) is 0 Å². The zero-order valence-electron chi connectivity index (χ0n) is 12.4. The molecule has 1 atom stereocenters. The van der Waals surface area contributed by atoms with Crippen molar-refractivity contribution >= 4 is 0 Å². The summed E-state index contributed by atoms with van der Waals surface area (Å²) in [6.45, 7) is 5.59. The molecular formula is C18H27N. The van der Waals surface area contributed by atoms with Crippen LogP contribution in [0.15, 0.2) is 35.9 Å². The number of aryl methyl sites for hydroxylation is 1. The number of hydrogen-bond donors (Lipinski definition) is 1. The summed E-state index contributed by atoms with van der Waals surface area (Å²) in [5.41, 5.74) is 4.55. The lowest BCUT2D eigenvalue weighted by Gasteiger charge is -2.25. The largest absolute Gasteiger partial charge is 0.310 e. The van der Waals surface area contributed by atoms with E-state index in [2.05, 4.69) is 49.5 Å². The van der Waals surface area contributed by atoms with E-state index < -0.39 is 0 Å². The number of benzene rings is 1. The van der Waals surface area contributed by atoms with Crippen molar-refractivity contribution in [2.45, 2.75) is 58.4 Å². The molecule has 2 rings (SSSR count). The van der Waals surface area contributed by atoms with E-state index in [-0.39, 0.29) is 0 Å². The van der Waals surface area contributed by atoms with Gasteiger partial charge in [0, 0.05) is 6.04 Å². The second-order valence-electron chi connectivity index (χ2n) is 5.66. The highest BCUT2D eigenvalue weighted by atomic mass is 14.9. The van der Waals surface area contributed by atoms with Crippen molar-refractivity contribution in [2.24, 2.45) is 0 Å². The Kier molecular flexibility index (Phi) is 5.65. The Bertz CT molecular complexity index is 419. The molecule has 0 spiro atoms. The molecule has 0 saturated carbocycles. The molecule has 1 heteroatoms. The molecule has 104 valence electrons. The molecule has 0 amide bonds. The normalized spacial score (nSPS) is 17.1. The van der Waals surface area contributed by atoms with Gasteiger partial charge >= 0.3 is 0 Å². The molecule has 1 unspecified atom stereocenters. The fourth-order valence-electron chi connectivity index (χ4n) is 2.89. The highest BCUT2D eigenvalue weighted by Crippen LogP contribution is 2.23. The van der Waals surface area contributed by atoms with E-state index in [0.29, 0.717) is 6.04 Å². The van der Waals surface area contributed by atoms with Crippen LogP contribution < -0.4 is 5.32 Å². The van der Waals surface area contributed by atoms with Crippen molar-refractivity contribution < 1.29 is 0 Å². The van der Waals surface area contributed by atoms with E-state index >= 15 is 0 Å². The average molecular weight is 257 g/mol. The van der Waals surface area contributed by atoms with Crippen LogP contribution in [0.1, 0.15) is 50.2 Å². The molecule has 0 saturated heterocycles. The van der Waals surface area contributed by atoms with E-state index in [1.807, 2.05) is 0 Å². The Morgan fingerprint density at radius 2 is 2.05 bits per heavy atom. The summed E-state index contributed by atoms with van der Waals surface area (Å²) in [7, 11) is 0. The Labute approximate surface area is 118 Å². The van der Waals surface area contributed by atoms with Crippen molar-refractivity contribution in [3.8, 4) is 0 Å². The molecule has 0 bridgehead atoms. The van der Waals surface area contributed by atoms with Gasteiger partial charge in [-0.2, -0.15) is 0 Å². The fourth-order valence-corrected chi connectivity index (χ4v) is 2.89. The van der Waals surface area contributed by atoms with Gasteiger partial charge in [0.2, 0.25) is 0 Å². The molecule has 1 nitrogen and oxygen atoms in total. The Morgan fingerprint density at radius 3 is 2.74 bits per heavy atom. The van der Waals surface area contributed by atoms with Crippen molar-refractivity contribution in [3.05, 3.63) is 47.0 Å². The summed E-state index contributed by atoms with van der Waals surface area (Å²) >= 11 is 0. The van der Waals surface area contributed by atoms with Gasteiger partial charge in [-0.05, 0) is 63.1 Å². The van der Waals surface area contributed by atoms with Gasteiger partial charge in [0.05, 0.1) is 0 Å². The zero-order valence-corrected chi connectivity index (χ0v) is 12.4. The fraction of sp³-hybridized carbons (Fsp3) is 0.556. The summed E-state index contributed by atoms with van der Waals surface area (Å²) in [5, 5.41) is 3.75. The van der Waals surface area contributed by atoms with Crippen LogP contribution in [0.3, 0.4) is 0 Å². The highest BCUT2D eigenvalue weighted by molar-refractivity contribution is 5.29. The summed E-state index contributed by atoms with van der Waals surface area (Å²) in [4.78, 5) is 0. The molecule has 0 heterocycles. The van der Waals surface area contributed by atoms with Crippen LogP contribution in [0.4, 0.5) is 0 Å². The number of hydrogen-bond acceptors (Lipinski definition) is 1. The van der Waals surface area contributed by atoms with Gasteiger partial charge in [-0.15, -0.1) is 0 Å². The van der Waals surface area contributed by atoms with Crippen LogP contribution >= 0.6 is 0 Å².